The normalized spacial score (nSPS) is 15.3. The Kier molecular flexibility index (Phi) is 7.41. The molecule has 8 nitrogen and oxygen atoms in total. The third-order valence-electron chi connectivity index (χ3n) is 8.18. The summed E-state index contributed by atoms with van der Waals surface area (Å²) < 4.78 is 34.9. The van der Waals surface area contributed by atoms with Gasteiger partial charge >= 0.3 is 0 Å². The number of rotatable bonds is 8. The minimum absolute atomic E-state index is 0.244. The molecule has 9 heteroatoms. The number of ether oxygens (including phenoxy) is 1. The number of benzene rings is 3. The number of nitrogens with one attached hydrogen (secondary N) is 1. The first-order valence-electron chi connectivity index (χ1n) is 13.9. The van der Waals surface area contributed by atoms with Crippen LogP contribution in [0.25, 0.3) is 16.8 Å². The van der Waals surface area contributed by atoms with Crippen LogP contribution in [0.15, 0.2) is 78.9 Å². The lowest BCUT2D eigenvalue weighted by Crippen LogP contribution is -2.61. The van der Waals surface area contributed by atoms with E-state index in [9.17, 15) is 13.2 Å². The van der Waals surface area contributed by atoms with Crippen molar-refractivity contribution in [2.75, 3.05) is 13.2 Å². The van der Waals surface area contributed by atoms with Crippen LogP contribution in [0, 0.1) is 6.92 Å². The van der Waals surface area contributed by atoms with Gasteiger partial charge in [-0.15, -0.1) is 0 Å². The van der Waals surface area contributed by atoms with Crippen molar-refractivity contribution in [3.05, 3.63) is 107 Å². The number of amides is 1. The SMILES string of the molecule is Cc1cc(C(N)=O)nn1-c1ccc(C(C)(C)c2ccc(-c3ccc(C4(NS(=O)(=O)C(C)(C)C)COC4)cc3)cc2)cc1. The Hall–Kier alpha value is -3.79. The molecule has 0 radical (unpaired) electrons. The average Bonchev–Trinajstić information content (AvgIpc) is 3.32. The van der Waals surface area contributed by atoms with E-state index in [1.165, 1.54) is 5.56 Å². The van der Waals surface area contributed by atoms with Crippen molar-refractivity contribution in [2.45, 2.75) is 57.2 Å². The number of sulfonamides is 1. The highest BCUT2D eigenvalue weighted by atomic mass is 32.2. The van der Waals surface area contributed by atoms with E-state index in [2.05, 4.69) is 60.1 Å². The zero-order valence-electron chi connectivity index (χ0n) is 24.9. The minimum Gasteiger partial charge on any atom is -0.377 e. The fraction of sp³-hybridized carbons (Fsp3) is 0.333. The Morgan fingerprint density at radius 2 is 1.38 bits per heavy atom. The van der Waals surface area contributed by atoms with Gasteiger partial charge < -0.3 is 10.5 Å². The van der Waals surface area contributed by atoms with Crippen molar-refractivity contribution in [2.24, 2.45) is 5.73 Å². The maximum Gasteiger partial charge on any atom is 0.269 e. The van der Waals surface area contributed by atoms with Gasteiger partial charge in [-0.05, 0) is 73.7 Å². The lowest BCUT2D eigenvalue weighted by Gasteiger charge is -2.43. The Bertz CT molecular complexity index is 1710. The molecule has 1 amide bonds. The number of hydrogen-bond donors (Lipinski definition) is 2. The summed E-state index contributed by atoms with van der Waals surface area (Å²) >= 11 is 0. The average molecular weight is 587 g/mol. The van der Waals surface area contributed by atoms with Gasteiger partial charge in [-0.1, -0.05) is 74.5 Å². The Morgan fingerprint density at radius 3 is 1.81 bits per heavy atom. The summed E-state index contributed by atoms with van der Waals surface area (Å²) in [6, 6.07) is 26.4. The molecular formula is C33H38N4O4S. The summed E-state index contributed by atoms with van der Waals surface area (Å²) in [5, 5.41) is 4.33. The van der Waals surface area contributed by atoms with E-state index in [4.69, 9.17) is 10.5 Å². The van der Waals surface area contributed by atoms with Crippen molar-refractivity contribution in [3.8, 4) is 16.8 Å². The zero-order valence-corrected chi connectivity index (χ0v) is 25.7. The van der Waals surface area contributed by atoms with E-state index >= 15 is 0 Å². The smallest absolute Gasteiger partial charge is 0.269 e. The topological polar surface area (TPSA) is 116 Å². The predicted octanol–water partition coefficient (Wildman–Crippen LogP) is 5.22. The molecule has 3 N–H and O–H groups in total. The van der Waals surface area contributed by atoms with Crippen LogP contribution in [0.2, 0.25) is 0 Å². The minimum atomic E-state index is -3.54. The van der Waals surface area contributed by atoms with Gasteiger partial charge in [0.2, 0.25) is 10.0 Å². The van der Waals surface area contributed by atoms with Crippen LogP contribution >= 0.6 is 0 Å². The van der Waals surface area contributed by atoms with Crippen LogP contribution in [0.4, 0.5) is 0 Å². The molecule has 220 valence electrons. The maximum atomic E-state index is 12.9. The standard InChI is InChI=1S/C33H38N4O4S/c1-22-19-29(30(34)38)35-37(22)28-17-15-26(16-18-28)32(5,6)25-11-7-23(8-12-25)24-9-13-27(14-10-24)33(20-41-21-33)36-42(39,40)31(2,3)4/h7-19,36H,20-21H2,1-6H3,(H2,34,38). The highest BCUT2D eigenvalue weighted by Crippen LogP contribution is 2.36. The van der Waals surface area contributed by atoms with E-state index in [0.29, 0.717) is 13.2 Å². The van der Waals surface area contributed by atoms with Gasteiger partial charge in [-0.2, -0.15) is 9.82 Å². The van der Waals surface area contributed by atoms with Crippen molar-refractivity contribution in [1.82, 2.24) is 14.5 Å². The van der Waals surface area contributed by atoms with E-state index < -0.39 is 26.2 Å². The quantitative estimate of drug-likeness (QED) is 0.294. The van der Waals surface area contributed by atoms with E-state index in [0.717, 1.165) is 33.6 Å². The number of nitrogens with two attached hydrogens (primary N) is 1. The second-order valence-electron chi connectivity index (χ2n) is 12.6. The van der Waals surface area contributed by atoms with Crippen LogP contribution in [-0.4, -0.2) is 42.1 Å². The van der Waals surface area contributed by atoms with Gasteiger partial charge in [0.05, 0.1) is 23.6 Å². The van der Waals surface area contributed by atoms with Crippen LogP contribution in [0.5, 0.6) is 0 Å². The Labute approximate surface area is 248 Å². The van der Waals surface area contributed by atoms with Gasteiger partial charge in [0, 0.05) is 11.1 Å². The molecule has 1 saturated heterocycles. The van der Waals surface area contributed by atoms with E-state index in [-0.39, 0.29) is 11.1 Å². The molecule has 0 spiro atoms. The second kappa shape index (κ2) is 10.5. The first-order chi connectivity index (χ1) is 19.6. The lowest BCUT2D eigenvalue weighted by atomic mass is 9.77. The molecule has 0 aliphatic carbocycles. The third-order valence-corrected chi connectivity index (χ3v) is 10.5. The van der Waals surface area contributed by atoms with Gasteiger partial charge in [-0.25, -0.2) is 13.1 Å². The van der Waals surface area contributed by atoms with Gasteiger partial charge in [0.15, 0.2) is 5.69 Å². The highest BCUT2D eigenvalue weighted by molar-refractivity contribution is 7.90. The molecule has 2 heterocycles. The number of carbonyl (C=O) groups is 1. The molecule has 42 heavy (non-hydrogen) atoms. The molecule has 0 saturated carbocycles. The van der Waals surface area contributed by atoms with E-state index in [1.54, 1.807) is 31.5 Å². The first-order valence-corrected chi connectivity index (χ1v) is 15.4. The van der Waals surface area contributed by atoms with Gasteiger partial charge in [-0.3, -0.25) is 4.79 Å². The summed E-state index contributed by atoms with van der Waals surface area (Å²) in [4.78, 5) is 11.5. The van der Waals surface area contributed by atoms with Crippen LogP contribution in [0.1, 0.15) is 67.5 Å². The summed E-state index contributed by atoms with van der Waals surface area (Å²) in [5.74, 6) is -0.547. The third kappa shape index (κ3) is 5.40. The number of primary amides is 1. The van der Waals surface area contributed by atoms with Crippen LogP contribution < -0.4 is 10.5 Å². The number of carbonyl (C=O) groups excluding carboxylic acids is 1. The van der Waals surface area contributed by atoms with Gasteiger partial charge in [0.1, 0.15) is 5.54 Å². The number of hydrogen-bond acceptors (Lipinski definition) is 5. The lowest BCUT2D eigenvalue weighted by molar-refractivity contribution is -0.0666. The zero-order chi connectivity index (χ0) is 30.5. The number of nitrogens with zero attached hydrogens (tertiary/aromatic N) is 2. The fourth-order valence-electron chi connectivity index (χ4n) is 5.10. The number of aryl methyl sites for hydroxylation is 1. The Morgan fingerprint density at radius 1 is 0.881 bits per heavy atom. The van der Waals surface area contributed by atoms with Crippen molar-refractivity contribution < 1.29 is 17.9 Å². The van der Waals surface area contributed by atoms with Crippen LogP contribution in [0.3, 0.4) is 0 Å². The summed E-state index contributed by atoms with van der Waals surface area (Å²) in [6.07, 6.45) is 0. The monoisotopic (exact) mass is 586 g/mol. The maximum absolute atomic E-state index is 12.9. The molecule has 1 aromatic heterocycles. The number of aromatic nitrogens is 2. The molecule has 0 atom stereocenters. The molecule has 4 aromatic rings. The summed E-state index contributed by atoms with van der Waals surface area (Å²) in [5.41, 5.74) is 11.7. The molecule has 5 rings (SSSR count). The van der Waals surface area contributed by atoms with E-state index in [1.807, 2.05) is 43.3 Å². The van der Waals surface area contributed by atoms with Crippen molar-refractivity contribution >= 4 is 15.9 Å². The predicted molar refractivity (Wildman–Crippen MR) is 165 cm³/mol. The Balaban J connectivity index is 1.33. The van der Waals surface area contributed by atoms with Crippen LogP contribution in [-0.2, 0) is 25.7 Å². The molecule has 1 fully saturated rings. The fourth-order valence-corrected chi connectivity index (χ4v) is 6.16. The molecule has 1 aliphatic heterocycles. The summed E-state index contributed by atoms with van der Waals surface area (Å²) in [6.45, 7) is 12.0. The molecule has 1 aliphatic rings. The first kappa shape index (κ1) is 29.7. The molecular weight excluding hydrogens is 548 g/mol. The van der Waals surface area contributed by atoms with Crippen molar-refractivity contribution in [1.29, 1.82) is 0 Å². The molecule has 0 unspecified atom stereocenters. The van der Waals surface area contributed by atoms with Crippen molar-refractivity contribution in [3.63, 3.8) is 0 Å². The second-order valence-corrected chi connectivity index (χ2v) is 15.0. The van der Waals surface area contributed by atoms with Gasteiger partial charge in [0.25, 0.3) is 5.91 Å². The molecule has 0 bridgehead atoms. The largest absolute Gasteiger partial charge is 0.377 e. The summed E-state index contributed by atoms with van der Waals surface area (Å²) in [7, 11) is -3.54. The highest BCUT2D eigenvalue weighted by Gasteiger charge is 2.46. The molecule has 3 aromatic carbocycles.